The number of nitrogens with one attached hydrogen (secondary N) is 1. The van der Waals surface area contributed by atoms with Crippen LogP contribution in [0.2, 0.25) is 0 Å². The van der Waals surface area contributed by atoms with Crippen molar-refractivity contribution in [3.8, 4) is 0 Å². The van der Waals surface area contributed by atoms with Gasteiger partial charge in [-0.15, -0.1) is 0 Å². The standard InChI is InChI=1S/C16H25IN2O2/c1-4-14(5-2)19(8-9-20)11-16(21)18-15-7-6-13(17)10-12(15)3/h6-7,10,14,20H,4-5,8-9,11H2,1-3H3,(H,18,21). The van der Waals surface area contributed by atoms with Gasteiger partial charge in [-0.05, 0) is 66.1 Å². The summed E-state index contributed by atoms with van der Waals surface area (Å²) in [6.45, 7) is 7.14. The highest BCUT2D eigenvalue weighted by Crippen LogP contribution is 2.18. The molecule has 0 aliphatic carbocycles. The largest absolute Gasteiger partial charge is 0.395 e. The Hall–Kier alpha value is -0.660. The van der Waals surface area contributed by atoms with Crippen LogP contribution in [-0.4, -0.2) is 41.7 Å². The maximum absolute atomic E-state index is 12.2. The molecule has 1 aromatic carbocycles. The van der Waals surface area contributed by atoms with Gasteiger partial charge in [0.15, 0.2) is 0 Å². The van der Waals surface area contributed by atoms with Gasteiger partial charge < -0.3 is 10.4 Å². The van der Waals surface area contributed by atoms with E-state index in [0.717, 1.165) is 27.7 Å². The minimum Gasteiger partial charge on any atom is -0.395 e. The second kappa shape index (κ2) is 9.38. The molecule has 0 aliphatic rings. The second-order valence-corrected chi connectivity index (χ2v) is 6.42. The summed E-state index contributed by atoms with van der Waals surface area (Å²) in [6, 6.07) is 6.29. The summed E-state index contributed by atoms with van der Waals surface area (Å²) in [6.07, 6.45) is 1.96. The molecular formula is C16H25IN2O2. The van der Waals surface area contributed by atoms with Crippen molar-refractivity contribution in [1.29, 1.82) is 0 Å². The molecule has 1 aromatic rings. The number of halogens is 1. The molecular weight excluding hydrogens is 379 g/mol. The Kier molecular flexibility index (Phi) is 8.21. The van der Waals surface area contributed by atoms with Gasteiger partial charge in [0.25, 0.3) is 0 Å². The van der Waals surface area contributed by atoms with Crippen LogP contribution in [0.15, 0.2) is 18.2 Å². The molecule has 1 rings (SSSR count). The molecule has 21 heavy (non-hydrogen) atoms. The van der Waals surface area contributed by atoms with E-state index in [2.05, 4.69) is 46.7 Å². The molecule has 0 aromatic heterocycles. The molecule has 5 heteroatoms. The lowest BCUT2D eigenvalue weighted by atomic mass is 10.1. The molecule has 4 nitrogen and oxygen atoms in total. The van der Waals surface area contributed by atoms with Gasteiger partial charge >= 0.3 is 0 Å². The van der Waals surface area contributed by atoms with Crippen molar-refractivity contribution in [2.45, 2.75) is 39.7 Å². The Balaban J connectivity index is 2.69. The number of hydrogen-bond acceptors (Lipinski definition) is 3. The molecule has 0 radical (unpaired) electrons. The molecule has 0 atom stereocenters. The third-order valence-electron chi connectivity index (χ3n) is 3.66. The second-order valence-electron chi connectivity index (χ2n) is 5.17. The number of amides is 1. The maximum Gasteiger partial charge on any atom is 0.238 e. The van der Waals surface area contributed by atoms with Crippen molar-refractivity contribution in [3.05, 3.63) is 27.3 Å². The summed E-state index contributed by atoms with van der Waals surface area (Å²) in [5.41, 5.74) is 1.92. The van der Waals surface area contributed by atoms with E-state index in [1.165, 1.54) is 0 Å². The first kappa shape index (κ1) is 18.4. The van der Waals surface area contributed by atoms with Crippen LogP contribution >= 0.6 is 22.6 Å². The molecule has 1 amide bonds. The number of carbonyl (C=O) groups is 1. The van der Waals surface area contributed by atoms with Crippen molar-refractivity contribution >= 4 is 34.2 Å². The van der Waals surface area contributed by atoms with Crippen LogP contribution in [-0.2, 0) is 4.79 Å². The molecule has 0 saturated carbocycles. The lowest BCUT2D eigenvalue weighted by molar-refractivity contribution is -0.118. The van der Waals surface area contributed by atoms with E-state index in [1.54, 1.807) is 0 Å². The number of aliphatic hydroxyl groups excluding tert-OH is 1. The molecule has 118 valence electrons. The molecule has 2 N–H and O–H groups in total. The van der Waals surface area contributed by atoms with Crippen molar-refractivity contribution in [2.24, 2.45) is 0 Å². The summed E-state index contributed by atoms with van der Waals surface area (Å²) in [7, 11) is 0. The van der Waals surface area contributed by atoms with Crippen LogP contribution in [0.5, 0.6) is 0 Å². The molecule has 0 fully saturated rings. The molecule has 0 heterocycles. The normalized spacial score (nSPS) is 11.2. The monoisotopic (exact) mass is 404 g/mol. The third kappa shape index (κ3) is 5.92. The van der Waals surface area contributed by atoms with Crippen LogP contribution in [0.1, 0.15) is 32.3 Å². The fourth-order valence-corrected chi connectivity index (χ4v) is 3.11. The zero-order chi connectivity index (χ0) is 15.8. The van der Waals surface area contributed by atoms with E-state index in [0.29, 0.717) is 19.1 Å². The molecule has 0 bridgehead atoms. The average molecular weight is 404 g/mol. The summed E-state index contributed by atoms with van der Waals surface area (Å²) >= 11 is 2.26. The Morgan fingerprint density at radius 3 is 2.57 bits per heavy atom. The van der Waals surface area contributed by atoms with E-state index in [4.69, 9.17) is 0 Å². The third-order valence-corrected chi connectivity index (χ3v) is 4.33. The van der Waals surface area contributed by atoms with E-state index < -0.39 is 0 Å². The van der Waals surface area contributed by atoms with Crippen LogP contribution in [0, 0.1) is 10.5 Å². The summed E-state index contributed by atoms with van der Waals surface area (Å²) in [5, 5.41) is 12.1. The first-order chi connectivity index (χ1) is 10.0. The highest BCUT2D eigenvalue weighted by molar-refractivity contribution is 14.1. The topological polar surface area (TPSA) is 52.6 Å². The Bertz CT molecular complexity index is 462. The maximum atomic E-state index is 12.2. The zero-order valence-electron chi connectivity index (χ0n) is 13.0. The first-order valence-electron chi connectivity index (χ1n) is 7.42. The summed E-state index contributed by atoms with van der Waals surface area (Å²) in [4.78, 5) is 14.3. The van der Waals surface area contributed by atoms with Crippen molar-refractivity contribution < 1.29 is 9.90 Å². The molecule has 0 aliphatic heterocycles. The number of anilines is 1. The quantitative estimate of drug-likeness (QED) is 0.655. The van der Waals surface area contributed by atoms with Crippen molar-refractivity contribution in [1.82, 2.24) is 4.90 Å². The number of hydrogen-bond donors (Lipinski definition) is 2. The predicted octanol–water partition coefficient (Wildman–Crippen LogP) is 3.02. The predicted molar refractivity (Wildman–Crippen MR) is 95.6 cm³/mol. The SMILES string of the molecule is CCC(CC)N(CCO)CC(=O)Nc1ccc(I)cc1C. The van der Waals surface area contributed by atoms with E-state index >= 15 is 0 Å². The van der Waals surface area contributed by atoms with E-state index in [-0.39, 0.29) is 12.5 Å². The highest BCUT2D eigenvalue weighted by atomic mass is 127. The average Bonchev–Trinajstić information content (AvgIpc) is 2.43. The number of aliphatic hydroxyl groups is 1. The molecule has 0 spiro atoms. The van der Waals surface area contributed by atoms with Gasteiger partial charge in [-0.25, -0.2) is 0 Å². The smallest absolute Gasteiger partial charge is 0.238 e. The minimum atomic E-state index is -0.0281. The van der Waals surface area contributed by atoms with Gasteiger partial charge in [0, 0.05) is 21.8 Å². The van der Waals surface area contributed by atoms with Crippen LogP contribution in [0.4, 0.5) is 5.69 Å². The van der Waals surface area contributed by atoms with Crippen LogP contribution in [0.25, 0.3) is 0 Å². The van der Waals surface area contributed by atoms with E-state index in [9.17, 15) is 9.90 Å². The number of carbonyl (C=O) groups excluding carboxylic acids is 1. The Morgan fingerprint density at radius 2 is 2.05 bits per heavy atom. The number of benzene rings is 1. The van der Waals surface area contributed by atoms with Gasteiger partial charge in [0.2, 0.25) is 5.91 Å². The minimum absolute atomic E-state index is 0.0281. The van der Waals surface area contributed by atoms with Gasteiger partial charge in [0.05, 0.1) is 13.2 Å². The van der Waals surface area contributed by atoms with Gasteiger partial charge in [-0.3, -0.25) is 9.69 Å². The summed E-state index contributed by atoms with van der Waals surface area (Å²) in [5.74, 6) is -0.0281. The van der Waals surface area contributed by atoms with Crippen molar-refractivity contribution in [2.75, 3.05) is 25.0 Å². The number of rotatable bonds is 8. The molecule has 0 saturated heterocycles. The zero-order valence-corrected chi connectivity index (χ0v) is 15.2. The van der Waals surface area contributed by atoms with Crippen molar-refractivity contribution in [3.63, 3.8) is 0 Å². The van der Waals surface area contributed by atoms with E-state index in [1.807, 2.05) is 25.1 Å². The van der Waals surface area contributed by atoms with Gasteiger partial charge in [0.1, 0.15) is 0 Å². The Labute approximate surface area is 141 Å². The lowest BCUT2D eigenvalue weighted by Gasteiger charge is -2.29. The Morgan fingerprint density at radius 1 is 1.38 bits per heavy atom. The first-order valence-corrected chi connectivity index (χ1v) is 8.50. The van der Waals surface area contributed by atoms with Crippen LogP contribution in [0.3, 0.4) is 0 Å². The summed E-state index contributed by atoms with van der Waals surface area (Å²) < 4.78 is 1.15. The fourth-order valence-electron chi connectivity index (χ4n) is 2.47. The lowest BCUT2D eigenvalue weighted by Crippen LogP contribution is -2.42. The number of aryl methyl sites for hydroxylation is 1. The molecule has 0 unspecified atom stereocenters. The number of nitrogens with zero attached hydrogens (tertiary/aromatic N) is 1. The van der Waals surface area contributed by atoms with Gasteiger partial charge in [-0.1, -0.05) is 13.8 Å². The van der Waals surface area contributed by atoms with Crippen LogP contribution < -0.4 is 5.32 Å². The highest BCUT2D eigenvalue weighted by Gasteiger charge is 2.18. The van der Waals surface area contributed by atoms with Gasteiger partial charge in [-0.2, -0.15) is 0 Å². The fraction of sp³-hybridized carbons (Fsp3) is 0.562.